The standard InChI is InChI=1S/C2HNO2.Ca.2H/c3-1-2(4)5;;;/h(H,4,5);;;. The molecule has 6 heavy (non-hydrogen) atoms. The normalized spacial score (nSPS) is 4.50. The summed E-state index contributed by atoms with van der Waals surface area (Å²) in [5.41, 5.74) is 0. The van der Waals surface area contributed by atoms with Gasteiger partial charge in [-0.25, -0.2) is 4.79 Å². The van der Waals surface area contributed by atoms with E-state index in [1.807, 2.05) is 0 Å². The summed E-state index contributed by atoms with van der Waals surface area (Å²) in [7, 11) is 0. The predicted molar refractivity (Wildman–Crippen MR) is 21.8 cm³/mol. The van der Waals surface area contributed by atoms with Gasteiger partial charge in [0, 0.05) is 0 Å². The molecule has 0 saturated carbocycles. The second kappa shape index (κ2) is 5.22. The van der Waals surface area contributed by atoms with Gasteiger partial charge in [-0.2, -0.15) is 5.26 Å². The Hall–Kier alpha value is 0.220. The fourth-order valence-electron chi connectivity index (χ4n) is 0. The minimum absolute atomic E-state index is 0. The van der Waals surface area contributed by atoms with Crippen molar-refractivity contribution in [3.63, 3.8) is 0 Å². The molecule has 0 aliphatic heterocycles. The molecular weight excluding hydrogens is 110 g/mol. The number of hydrogen-bond acceptors (Lipinski definition) is 2. The molecule has 0 fully saturated rings. The van der Waals surface area contributed by atoms with E-state index < -0.39 is 5.97 Å². The Labute approximate surface area is 64.6 Å². The monoisotopic (exact) mass is 113 g/mol. The Morgan fingerprint density at radius 2 is 2.00 bits per heavy atom. The van der Waals surface area contributed by atoms with E-state index in [1.54, 1.807) is 0 Å². The summed E-state index contributed by atoms with van der Waals surface area (Å²) in [5, 5.41) is 14.7. The van der Waals surface area contributed by atoms with Gasteiger partial charge in [0.1, 0.15) is 0 Å². The molecule has 0 heterocycles. The van der Waals surface area contributed by atoms with Gasteiger partial charge in [0.15, 0.2) is 6.07 Å². The molecule has 0 saturated heterocycles. The van der Waals surface area contributed by atoms with E-state index in [0.29, 0.717) is 0 Å². The van der Waals surface area contributed by atoms with Crippen molar-refractivity contribution >= 4 is 43.7 Å². The third kappa shape index (κ3) is 8.88. The van der Waals surface area contributed by atoms with Crippen LogP contribution in [0.2, 0.25) is 0 Å². The molecular formula is C2H3CaNO2. The van der Waals surface area contributed by atoms with Crippen molar-refractivity contribution in [2.75, 3.05) is 0 Å². The molecule has 30 valence electrons. The summed E-state index contributed by atoms with van der Waals surface area (Å²) in [6, 6.07) is 0.944. The average Bonchev–Trinajstić information content (AvgIpc) is 1.38. The van der Waals surface area contributed by atoms with Crippen molar-refractivity contribution in [2.24, 2.45) is 0 Å². The number of carboxylic acid groups (broad SMARTS) is 1. The third-order valence-corrected chi connectivity index (χ3v) is 0.0956. The molecule has 0 rings (SSSR count). The molecule has 0 spiro atoms. The number of nitriles is 1. The van der Waals surface area contributed by atoms with Crippen LogP contribution in [0.15, 0.2) is 0 Å². The van der Waals surface area contributed by atoms with Crippen LogP contribution in [-0.4, -0.2) is 48.8 Å². The maximum absolute atomic E-state index is 9.01. The third-order valence-electron chi connectivity index (χ3n) is 0.0956. The zero-order chi connectivity index (χ0) is 4.28. The summed E-state index contributed by atoms with van der Waals surface area (Å²) in [6.45, 7) is 0. The Kier molecular flexibility index (Phi) is 8.28. The van der Waals surface area contributed by atoms with Crippen LogP contribution >= 0.6 is 0 Å². The van der Waals surface area contributed by atoms with Crippen molar-refractivity contribution in [2.45, 2.75) is 0 Å². The molecule has 1 N–H and O–H groups in total. The predicted octanol–water partition coefficient (Wildman–Crippen LogP) is -1.32. The molecule has 4 heteroatoms. The molecule has 0 aliphatic carbocycles. The fourth-order valence-corrected chi connectivity index (χ4v) is 0. The molecule has 0 radical (unpaired) electrons. The van der Waals surface area contributed by atoms with Crippen LogP contribution < -0.4 is 0 Å². The van der Waals surface area contributed by atoms with Gasteiger partial charge < -0.3 is 5.11 Å². The molecule has 0 aromatic heterocycles. The minimum atomic E-state index is -1.44. The number of hydrogen-bond donors (Lipinski definition) is 1. The molecule has 0 bridgehead atoms. The first-order valence-corrected chi connectivity index (χ1v) is 0.901. The number of carbonyl (C=O) groups is 1. The summed E-state index contributed by atoms with van der Waals surface area (Å²) < 4.78 is 0. The summed E-state index contributed by atoms with van der Waals surface area (Å²) in [5.74, 6) is -1.44. The van der Waals surface area contributed by atoms with Gasteiger partial charge in [-0.05, 0) is 0 Å². The number of aliphatic carboxylic acids is 1. The Bertz CT molecular complexity index is 84.0. The van der Waals surface area contributed by atoms with E-state index in [1.165, 1.54) is 0 Å². The van der Waals surface area contributed by atoms with Gasteiger partial charge >= 0.3 is 43.7 Å². The van der Waals surface area contributed by atoms with Crippen LogP contribution in [0.25, 0.3) is 0 Å². The second-order valence-corrected chi connectivity index (χ2v) is 0.417. The van der Waals surface area contributed by atoms with Crippen molar-refractivity contribution in [3.8, 4) is 6.07 Å². The summed E-state index contributed by atoms with van der Waals surface area (Å²) in [6.07, 6.45) is 0. The van der Waals surface area contributed by atoms with Crippen LogP contribution in [0.1, 0.15) is 0 Å². The Morgan fingerprint density at radius 1 is 1.83 bits per heavy atom. The first-order chi connectivity index (χ1) is 2.27. The summed E-state index contributed by atoms with van der Waals surface area (Å²) >= 11 is 0. The van der Waals surface area contributed by atoms with E-state index in [-0.39, 0.29) is 37.7 Å². The van der Waals surface area contributed by atoms with Gasteiger partial charge in [0.25, 0.3) is 0 Å². The molecule has 0 aromatic carbocycles. The van der Waals surface area contributed by atoms with Crippen LogP contribution in [0.4, 0.5) is 0 Å². The first kappa shape index (κ1) is 9.52. The van der Waals surface area contributed by atoms with E-state index in [4.69, 9.17) is 15.2 Å². The molecule has 0 atom stereocenters. The second-order valence-electron chi connectivity index (χ2n) is 0.417. The first-order valence-electron chi connectivity index (χ1n) is 0.901. The molecule has 3 nitrogen and oxygen atoms in total. The molecule has 0 unspecified atom stereocenters. The van der Waals surface area contributed by atoms with Gasteiger partial charge in [-0.1, -0.05) is 0 Å². The van der Waals surface area contributed by atoms with Gasteiger partial charge in [-0.3, -0.25) is 0 Å². The van der Waals surface area contributed by atoms with E-state index in [0.717, 1.165) is 6.07 Å². The van der Waals surface area contributed by atoms with E-state index in [2.05, 4.69) is 0 Å². The van der Waals surface area contributed by atoms with E-state index in [9.17, 15) is 0 Å². The van der Waals surface area contributed by atoms with E-state index >= 15 is 0 Å². The van der Waals surface area contributed by atoms with Crippen LogP contribution in [-0.2, 0) is 4.79 Å². The van der Waals surface area contributed by atoms with Crippen molar-refractivity contribution in [1.82, 2.24) is 0 Å². The SMILES string of the molecule is N#CC(=O)O.[CaH2]. The van der Waals surface area contributed by atoms with Crippen LogP contribution in [0, 0.1) is 11.3 Å². The Balaban J connectivity index is 0. The zero-order valence-electron chi connectivity index (χ0n) is 2.30. The van der Waals surface area contributed by atoms with Gasteiger partial charge in [0.05, 0.1) is 0 Å². The maximum atomic E-state index is 9.01. The number of carboxylic acids is 1. The van der Waals surface area contributed by atoms with Gasteiger partial charge in [0.2, 0.25) is 0 Å². The average molecular weight is 113 g/mol. The van der Waals surface area contributed by atoms with Crippen molar-refractivity contribution in [1.29, 1.82) is 5.26 Å². The fraction of sp³-hybridized carbons (Fsp3) is 0. The topological polar surface area (TPSA) is 61.1 Å². The molecule has 0 aliphatic rings. The summed E-state index contributed by atoms with van der Waals surface area (Å²) in [4.78, 5) is 9.01. The number of nitrogens with zero attached hydrogens (tertiary/aromatic N) is 1. The van der Waals surface area contributed by atoms with Gasteiger partial charge in [-0.15, -0.1) is 0 Å². The van der Waals surface area contributed by atoms with Crippen molar-refractivity contribution < 1.29 is 9.90 Å². The quantitative estimate of drug-likeness (QED) is 0.241. The molecule has 0 amide bonds. The Morgan fingerprint density at radius 3 is 2.00 bits per heavy atom. The van der Waals surface area contributed by atoms with Crippen LogP contribution in [0.5, 0.6) is 0 Å². The number of rotatable bonds is 0. The van der Waals surface area contributed by atoms with Crippen LogP contribution in [0.3, 0.4) is 0 Å². The zero-order valence-corrected chi connectivity index (χ0v) is 2.30. The van der Waals surface area contributed by atoms with Crippen molar-refractivity contribution in [3.05, 3.63) is 0 Å². The molecule has 0 aromatic rings.